The van der Waals surface area contributed by atoms with Crippen molar-refractivity contribution in [1.29, 1.82) is 0 Å². The second-order valence-corrected chi connectivity index (χ2v) is 10.8. The van der Waals surface area contributed by atoms with Crippen LogP contribution in [0.25, 0.3) is 0 Å². The fourth-order valence-electron chi connectivity index (χ4n) is 5.11. The van der Waals surface area contributed by atoms with E-state index in [4.69, 9.17) is 24.7 Å². The minimum atomic E-state index is -0.801. The van der Waals surface area contributed by atoms with Gasteiger partial charge in [0, 0.05) is 19.4 Å². The lowest BCUT2D eigenvalue weighted by Crippen LogP contribution is -2.50. The number of hydrogen-bond acceptors (Lipinski definition) is 8. The van der Waals surface area contributed by atoms with Crippen molar-refractivity contribution in [3.8, 4) is 0 Å². The topological polar surface area (TPSA) is 150 Å². The van der Waals surface area contributed by atoms with Crippen LogP contribution in [0.4, 0.5) is 0 Å². The summed E-state index contributed by atoms with van der Waals surface area (Å²) in [5, 5.41) is 13.7. The van der Waals surface area contributed by atoms with Crippen molar-refractivity contribution < 1.29 is 38.4 Å². The van der Waals surface area contributed by atoms with Gasteiger partial charge in [-0.25, -0.2) is 0 Å². The van der Waals surface area contributed by atoms with Crippen LogP contribution < -0.4 is 11.1 Å². The number of nitrogens with one attached hydrogen (secondary N) is 1. The first-order valence-electron chi connectivity index (χ1n) is 13.3. The highest BCUT2D eigenvalue weighted by Gasteiger charge is 2.58. The zero-order valence-electron chi connectivity index (χ0n) is 22.9. The highest BCUT2D eigenvalue weighted by molar-refractivity contribution is 5.87. The monoisotopic (exact) mass is 534 g/mol. The average Bonchev–Trinajstić information content (AvgIpc) is 3.59. The molecule has 3 aliphatic heterocycles. The number of esters is 1. The van der Waals surface area contributed by atoms with Gasteiger partial charge >= 0.3 is 5.97 Å². The number of carbonyl (C=O) groups excluding carboxylic acids is 3. The first-order valence-corrected chi connectivity index (χ1v) is 13.3. The van der Waals surface area contributed by atoms with Crippen LogP contribution in [-0.4, -0.2) is 77.8 Å². The van der Waals surface area contributed by atoms with Crippen LogP contribution in [-0.2, 0) is 33.3 Å². The molecule has 1 unspecified atom stereocenters. The predicted molar refractivity (Wildman–Crippen MR) is 140 cm³/mol. The van der Waals surface area contributed by atoms with Gasteiger partial charge in [-0.3, -0.25) is 14.4 Å². The molecule has 0 radical (unpaired) electrons. The third-order valence-electron chi connectivity index (χ3n) is 7.35. The van der Waals surface area contributed by atoms with Crippen molar-refractivity contribution in [1.82, 2.24) is 5.32 Å². The van der Waals surface area contributed by atoms with E-state index < -0.39 is 35.8 Å². The lowest BCUT2D eigenvalue weighted by molar-refractivity contribution is -0.144. The highest BCUT2D eigenvalue weighted by Crippen LogP contribution is 2.43. The Labute approximate surface area is 224 Å². The Balaban J connectivity index is 1.49. The smallest absolute Gasteiger partial charge is 0.303 e. The maximum Gasteiger partial charge on any atom is 0.303 e. The number of aliphatic hydroxyl groups excluding tert-OH is 1. The zero-order valence-corrected chi connectivity index (χ0v) is 22.9. The number of primary amides is 1. The maximum atomic E-state index is 12.3. The maximum absolute atomic E-state index is 12.3. The Kier molecular flexibility index (Phi) is 10.3. The first kappa shape index (κ1) is 30.0. The third kappa shape index (κ3) is 8.49. The molecular weight excluding hydrogens is 492 g/mol. The number of carbonyl (C=O) groups is 3. The molecule has 38 heavy (non-hydrogen) atoms. The second-order valence-electron chi connectivity index (χ2n) is 10.8. The number of hydrogen-bond donors (Lipinski definition) is 3. The van der Waals surface area contributed by atoms with E-state index in [2.05, 4.69) is 18.3 Å². The van der Waals surface area contributed by atoms with Crippen LogP contribution in [0.3, 0.4) is 0 Å². The fraction of sp³-hybridized carbons (Fsp3) is 0.679. The quantitative estimate of drug-likeness (QED) is 0.166. The molecule has 3 saturated heterocycles. The van der Waals surface area contributed by atoms with E-state index in [9.17, 15) is 19.5 Å². The standard InChI is InChI=1S/C28H42N2O8/c1-16(7-10-24-27(34)28(15-35-28)14-21(38-24)13-25(29)32)6-9-23-17(2)12-22(19(4)37-23)30-26(33)11-8-18(3)36-20(5)31/h6-8,10-11,17-19,21-24,27,34H,9,12-15H2,1-5H3,(H2,29,32)(H,30,33)/b10-7+,11-8-,16-6+/t17-,18-,19+,21+,22+,23-,24+,27+,28?/m0/s1. The van der Waals surface area contributed by atoms with Crippen LogP contribution in [0.1, 0.15) is 60.3 Å². The molecular formula is C28H42N2O8. The number of nitrogens with two attached hydrogens (primary N) is 1. The van der Waals surface area contributed by atoms with Gasteiger partial charge in [-0.2, -0.15) is 0 Å². The molecule has 212 valence electrons. The molecule has 3 heterocycles. The summed E-state index contributed by atoms with van der Waals surface area (Å²) in [6, 6.07) is -0.123. The normalized spacial score (nSPS) is 36.4. The van der Waals surface area contributed by atoms with Crippen molar-refractivity contribution in [2.45, 2.75) is 109 Å². The van der Waals surface area contributed by atoms with Gasteiger partial charge in [-0.1, -0.05) is 30.7 Å². The molecule has 4 N–H and O–H groups in total. The van der Waals surface area contributed by atoms with E-state index in [0.29, 0.717) is 19.4 Å². The summed E-state index contributed by atoms with van der Waals surface area (Å²) in [4.78, 5) is 34.7. The van der Waals surface area contributed by atoms with Crippen molar-refractivity contribution in [2.24, 2.45) is 11.7 Å². The Bertz CT molecular complexity index is 957. The van der Waals surface area contributed by atoms with E-state index in [1.54, 1.807) is 13.0 Å². The number of rotatable bonds is 10. The lowest BCUT2D eigenvalue weighted by Gasteiger charge is -2.39. The molecule has 10 heteroatoms. The molecule has 9 atom stereocenters. The molecule has 0 aromatic rings. The summed E-state index contributed by atoms with van der Waals surface area (Å²) in [7, 11) is 0. The summed E-state index contributed by atoms with van der Waals surface area (Å²) < 4.78 is 22.7. The molecule has 2 amide bonds. The van der Waals surface area contributed by atoms with Gasteiger partial charge < -0.3 is 35.1 Å². The number of amides is 2. The van der Waals surface area contributed by atoms with Gasteiger partial charge in [-0.05, 0) is 45.6 Å². The Morgan fingerprint density at radius 3 is 2.55 bits per heavy atom. The molecule has 0 bridgehead atoms. The number of allylic oxidation sites excluding steroid dienone is 2. The van der Waals surface area contributed by atoms with E-state index in [1.165, 1.54) is 13.0 Å². The van der Waals surface area contributed by atoms with Crippen LogP contribution in [0, 0.1) is 5.92 Å². The molecule has 3 aliphatic rings. The number of aliphatic hydroxyl groups is 1. The summed E-state index contributed by atoms with van der Waals surface area (Å²) in [5.41, 5.74) is 5.69. The summed E-state index contributed by atoms with van der Waals surface area (Å²) >= 11 is 0. The molecule has 3 fully saturated rings. The Hall–Kier alpha value is -2.53. The number of ether oxygens (including phenoxy) is 4. The highest BCUT2D eigenvalue weighted by atomic mass is 16.6. The van der Waals surface area contributed by atoms with Crippen molar-refractivity contribution >= 4 is 17.8 Å². The molecule has 0 aliphatic carbocycles. The van der Waals surface area contributed by atoms with Gasteiger partial charge in [-0.15, -0.1) is 0 Å². The summed E-state index contributed by atoms with van der Waals surface area (Å²) in [6.07, 6.45) is 8.36. The summed E-state index contributed by atoms with van der Waals surface area (Å²) in [5.74, 6) is -0.867. The fourth-order valence-corrected chi connectivity index (χ4v) is 5.11. The molecule has 0 aromatic heterocycles. The third-order valence-corrected chi connectivity index (χ3v) is 7.35. The molecule has 10 nitrogen and oxygen atoms in total. The predicted octanol–water partition coefficient (Wildman–Crippen LogP) is 1.85. The van der Waals surface area contributed by atoms with E-state index in [-0.39, 0.29) is 42.6 Å². The SMILES string of the molecule is CC(=O)O[C@@H](C)/C=C\C(=O)N[C@@H]1C[C@H](C)[C@H](C/C=C(C)/C=C/[C@H]2O[C@H](CC(N)=O)CC3(CO3)[C@@H]2O)O[C@@H]1C. The van der Waals surface area contributed by atoms with Crippen molar-refractivity contribution in [2.75, 3.05) is 6.61 Å². The first-order chi connectivity index (χ1) is 17.9. The van der Waals surface area contributed by atoms with Crippen LogP contribution >= 0.6 is 0 Å². The Morgan fingerprint density at radius 1 is 1.21 bits per heavy atom. The minimum Gasteiger partial charge on any atom is -0.459 e. The zero-order chi connectivity index (χ0) is 28.0. The van der Waals surface area contributed by atoms with Gasteiger partial charge in [0.1, 0.15) is 23.9 Å². The largest absolute Gasteiger partial charge is 0.459 e. The minimum absolute atomic E-state index is 0.000587. The van der Waals surface area contributed by atoms with E-state index in [1.807, 2.05) is 26.0 Å². The summed E-state index contributed by atoms with van der Waals surface area (Å²) in [6.45, 7) is 9.50. The van der Waals surface area contributed by atoms with Gasteiger partial charge in [0.25, 0.3) is 0 Å². The van der Waals surface area contributed by atoms with Gasteiger partial charge in [0.05, 0.1) is 37.4 Å². The van der Waals surface area contributed by atoms with Gasteiger partial charge in [0.2, 0.25) is 11.8 Å². The molecule has 3 rings (SSSR count). The average molecular weight is 535 g/mol. The lowest BCUT2D eigenvalue weighted by atomic mass is 9.87. The second kappa shape index (κ2) is 13.0. The molecule has 1 spiro atoms. The van der Waals surface area contributed by atoms with E-state index >= 15 is 0 Å². The van der Waals surface area contributed by atoms with Crippen LogP contribution in [0.5, 0.6) is 0 Å². The van der Waals surface area contributed by atoms with Gasteiger partial charge in [0.15, 0.2) is 0 Å². The molecule has 0 saturated carbocycles. The van der Waals surface area contributed by atoms with E-state index in [0.717, 1.165) is 12.0 Å². The van der Waals surface area contributed by atoms with Crippen LogP contribution in [0.15, 0.2) is 36.0 Å². The van der Waals surface area contributed by atoms with Crippen molar-refractivity contribution in [3.05, 3.63) is 36.0 Å². The van der Waals surface area contributed by atoms with Crippen LogP contribution in [0.2, 0.25) is 0 Å². The van der Waals surface area contributed by atoms with Crippen molar-refractivity contribution in [3.63, 3.8) is 0 Å². The molecule has 0 aromatic carbocycles. The Morgan fingerprint density at radius 2 is 1.92 bits per heavy atom. The number of epoxide rings is 1.